The van der Waals surface area contributed by atoms with Crippen LogP contribution in [0.4, 0.5) is 0 Å². The highest BCUT2D eigenvalue weighted by Crippen LogP contribution is 2.59. The summed E-state index contributed by atoms with van der Waals surface area (Å²) in [6, 6.07) is 1.18. The van der Waals surface area contributed by atoms with Crippen molar-refractivity contribution < 1.29 is 9.84 Å². The number of aromatic nitrogens is 2. The van der Waals surface area contributed by atoms with Crippen LogP contribution in [0.2, 0.25) is 25.7 Å². The molecule has 1 N–H and O–H groups in total. The number of ether oxygens (including phenoxy) is 1. The molecule has 0 radical (unpaired) electrons. The highest BCUT2D eigenvalue weighted by atomic mass is 28.3. The summed E-state index contributed by atoms with van der Waals surface area (Å²) in [7, 11) is -1.04. The molecule has 0 spiro atoms. The zero-order chi connectivity index (χ0) is 15.3. The number of aliphatic hydroxyl groups excluding tert-OH is 1. The van der Waals surface area contributed by atoms with Crippen molar-refractivity contribution in [3.63, 3.8) is 0 Å². The van der Waals surface area contributed by atoms with E-state index in [1.54, 1.807) is 0 Å². The second-order valence-electron chi connectivity index (χ2n) is 8.31. The van der Waals surface area contributed by atoms with Gasteiger partial charge < -0.3 is 9.84 Å². The number of hydrogen-bond acceptors (Lipinski definition) is 3. The Kier molecular flexibility index (Phi) is 3.79. The first-order valence-corrected chi connectivity index (χ1v) is 11.8. The standard InChI is InChI=1S/C16H28N2O2Si/c1-16-8-12(16)7-13-14(10-19)17-18(15(13)9-16)11-20-5-6-21(2,3)4/h12,19H,5-11H2,1-4H3/t12-,16-/m1/s1. The van der Waals surface area contributed by atoms with Crippen molar-refractivity contribution in [3.8, 4) is 0 Å². The third kappa shape index (κ3) is 3.10. The smallest absolute Gasteiger partial charge is 0.139 e. The maximum Gasteiger partial charge on any atom is 0.139 e. The third-order valence-corrected chi connectivity index (χ3v) is 6.87. The Morgan fingerprint density at radius 2 is 2.19 bits per heavy atom. The van der Waals surface area contributed by atoms with Gasteiger partial charge in [-0.15, -0.1) is 0 Å². The van der Waals surface area contributed by atoms with Gasteiger partial charge in [0, 0.05) is 20.4 Å². The quantitative estimate of drug-likeness (QED) is 0.649. The van der Waals surface area contributed by atoms with E-state index in [2.05, 4.69) is 31.7 Å². The molecule has 0 bridgehead atoms. The van der Waals surface area contributed by atoms with Gasteiger partial charge in [0.2, 0.25) is 0 Å². The molecule has 118 valence electrons. The van der Waals surface area contributed by atoms with E-state index >= 15 is 0 Å². The van der Waals surface area contributed by atoms with Gasteiger partial charge in [-0.1, -0.05) is 26.6 Å². The molecule has 0 aliphatic heterocycles. The first-order valence-electron chi connectivity index (χ1n) is 8.08. The molecule has 0 amide bonds. The lowest BCUT2D eigenvalue weighted by Crippen LogP contribution is -2.23. The molecule has 2 aliphatic rings. The van der Waals surface area contributed by atoms with Crippen molar-refractivity contribution in [3.05, 3.63) is 17.0 Å². The Morgan fingerprint density at radius 1 is 1.43 bits per heavy atom. The predicted octanol–water partition coefficient (Wildman–Crippen LogP) is 2.81. The van der Waals surface area contributed by atoms with Gasteiger partial charge in [-0.2, -0.15) is 5.10 Å². The topological polar surface area (TPSA) is 47.3 Å². The van der Waals surface area contributed by atoms with Crippen molar-refractivity contribution in [1.29, 1.82) is 0 Å². The van der Waals surface area contributed by atoms with Crippen LogP contribution in [0, 0.1) is 11.3 Å². The summed E-state index contributed by atoms with van der Waals surface area (Å²) < 4.78 is 7.86. The molecule has 1 heterocycles. The lowest BCUT2D eigenvalue weighted by atomic mass is 9.87. The fourth-order valence-corrected chi connectivity index (χ4v) is 4.21. The van der Waals surface area contributed by atoms with Crippen LogP contribution in [0.25, 0.3) is 0 Å². The molecule has 0 saturated heterocycles. The summed E-state index contributed by atoms with van der Waals surface area (Å²) >= 11 is 0. The monoisotopic (exact) mass is 308 g/mol. The zero-order valence-corrected chi connectivity index (χ0v) is 14.8. The Hall–Kier alpha value is -0.653. The maximum atomic E-state index is 9.54. The first-order chi connectivity index (χ1) is 9.82. The summed E-state index contributed by atoms with van der Waals surface area (Å²) in [6.45, 7) is 10.9. The molecule has 21 heavy (non-hydrogen) atoms. The maximum absolute atomic E-state index is 9.54. The molecule has 0 aromatic carbocycles. The van der Waals surface area contributed by atoms with E-state index in [4.69, 9.17) is 4.74 Å². The lowest BCUT2D eigenvalue weighted by Gasteiger charge is -2.20. The molecule has 0 unspecified atom stereocenters. The number of hydrogen-bond donors (Lipinski definition) is 1. The molecule has 4 nitrogen and oxygen atoms in total. The number of aliphatic hydroxyl groups is 1. The Labute approximate surface area is 128 Å². The molecule has 2 aliphatic carbocycles. The molecule has 2 atom stereocenters. The van der Waals surface area contributed by atoms with Gasteiger partial charge in [0.25, 0.3) is 0 Å². The van der Waals surface area contributed by atoms with Crippen molar-refractivity contribution in [1.82, 2.24) is 9.78 Å². The van der Waals surface area contributed by atoms with E-state index in [9.17, 15) is 5.11 Å². The van der Waals surface area contributed by atoms with E-state index in [0.29, 0.717) is 12.1 Å². The Bertz CT molecular complexity index is 535. The largest absolute Gasteiger partial charge is 0.390 e. The number of rotatable bonds is 6. The molecule has 1 aromatic heterocycles. The lowest BCUT2D eigenvalue weighted by molar-refractivity contribution is 0.0749. The van der Waals surface area contributed by atoms with Gasteiger partial charge in [0.1, 0.15) is 6.73 Å². The van der Waals surface area contributed by atoms with E-state index in [-0.39, 0.29) is 6.61 Å². The first kappa shape index (κ1) is 15.3. The number of nitrogens with zero attached hydrogens (tertiary/aromatic N) is 2. The minimum atomic E-state index is -1.04. The minimum Gasteiger partial charge on any atom is -0.390 e. The fourth-order valence-electron chi connectivity index (χ4n) is 3.45. The van der Waals surface area contributed by atoms with Crippen LogP contribution in [-0.2, 0) is 30.9 Å². The predicted molar refractivity (Wildman–Crippen MR) is 85.9 cm³/mol. The summed E-state index contributed by atoms with van der Waals surface area (Å²) in [5, 5.41) is 14.1. The molecule has 3 rings (SSSR count). The van der Waals surface area contributed by atoms with Gasteiger partial charge >= 0.3 is 0 Å². The van der Waals surface area contributed by atoms with E-state index < -0.39 is 8.07 Å². The Balaban J connectivity index is 1.67. The van der Waals surface area contributed by atoms with E-state index in [1.165, 1.54) is 23.7 Å². The van der Waals surface area contributed by atoms with E-state index in [0.717, 1.165) is 31.1 Å². The SMILES string of the molecule is C[C@@]12Cc3c(c(CO)nn3COCC[Si](C)(C)C)C[C@@H]1C2. The Morgan fingerprint density at radius 3 is 2.86 bits per heavy atom. The highest BCUT2D eigenvalue weighted by molar-refractivity contribution is 6.76. The van der Waals surface area contributed by atoms with Crippen LogP contribution in [0.1, 0.15) is 30.3 Å². The van der Waals surface area contributed by atoms with Crippen molar-refractivity contribution in [2.45, 2.75) is 65.2 Å². The third-order valence-electron chi connectivity index (χ3n) is 5.17. The molecular weight excluding hydrogens is 280 g/mol. The van der Waals surface area contributed by atoms with Gasteiger partial charge in [-0.05, 0) is 42.2 Å². The minimum absolute atomic E-state index is 0.0493. The number of fused-ring (bicyclic) bond motifs is 2. The summed E-state index contributed by atoms with van der Waals surface area (Å²) in [6.07, 6.45) is 3.51. The van der Waals surface area contributed by atoms with Crippen LogP contribution in [-0.4, -0.2) is 29.6 Å². The second kappa shape index (κ2) is 5.21. The highest BCUT2D eigenvalue weighted by Gasteiger charge is 2.53. The van der Waals surface area contributed by atoms with Gasteiger partial charge in [-0.3, -0.25) is 0 Å². The van der Waals surface area contributed by atoms with Crippen LogP contribution < -0.4 is 0 Å². The molecular formula is C16H28N2O2Si. The fraction of sp³-hybridized carbons (Fsp3) is 0.812. The van der Waals surface area contributed by atoms with Gasteiger partial charge in [-0.25, -0.2) is 4.68 Å². The van der Waals surface area contributed by atoms with Gasteiger partial charge in [0.15, 0.2) is 0 Å². The van der Waals surface area contributed by atoms with Crippen LogP contribution in [0.5, 0.6) is 0 Å². The van der Waals surface area contributed by atoms with Crippen molar-refractivity contribution in [2.75, 3.05) is 6.61 Å². The van der Waals surface area contributed by atoms with Crippen molar-refractivity contribution in [2.24, 2.45) is 11.3 Å². The van der Waals surface area contributed by atoms with Crippen LogP contribution >= 0.6 is 0 Å². The summed E-state index contributed by atoms with van der Waals surface area (Å²) in [4.78, 5) is 0. The second-order valence-corrected chi connectivity index (χ2v) is 13.9. The molecule has 1 fully saturated rings. The average molecular weight is 308 g/mol. The zero-order valence-electron chi connectivity index (χ0n) is 13.8. The molecule has 1 aromatic rings. The molecule has 5 heteroatoms. The summed E-state index contributed by atoms with van der Waals surface area (Å²) in [5.41, 5.74) is 3.96. The normalized spacial score (nSPS) is 27.4. The average Bonchev–Trinajstić information content (AvgIpc) is 2.94. The van der Waals surface area contributed by atoms with Crippen molar-refractivity contribution >= 4 is 8.07 Å². The van der Waals surface area contributed by atoms with E-state index in [1.807, 2.05) is 4.68 Å². The summed E-state index contributed by atoms with van der Waals surface area (Å²) in [5.74, 6) is 0.806. The van der Waals surface area contributed by atoms with Crippen LogP contribution in [0.15, 0.2) is 0 Å². The molecule has 1 saturated carbocycles. The van der Waals surface area contributed by atoms with Crippen LogP contribution in [0.3, 0.4) is 0 Å². The van der Waals surface area contributed by atoms with Gasteiger partial charge in [0.05, 0.1) is 12.3 Å².